The summed E-state index contributed by atoms with van der Waals surface area (Å²) in [4.78, 5) is 43.9. The third-order valence-electron chi connectivity index (χ3n) is 9.53. The Morgan fingerprint density at radius 3 is 2.44 bits per heavy atom. The Morgan fingerprint density at radius 1 is 1.05 bits per heavy atom. The minimum Gasteiger partial charge on any atom is -0.497 e. The first-order chi connectivity index (χ1) is 20.8. The van der Waals surface area contributed by atoms with Crippen molar-refractivity contribution >= 4 is 28.8 Å². The fraction of sp³-hybridized carbons (Fsp3) is 0.531. The summed E-state index contributed by atoms with van der Waals surface area (Å²) in [6.07, 6.45) is 6.11. The zero-order valence-electron chi connectivity index (χ0n) is 24.9. The number of carbonyl (C=O) groups excluding carboxylic acids is 3. The Labute approximate surface area is 251 Å². The number of aromatic nitrogens is 3. The quantitative estimate of drug-likeness (QED) is 0.372. The molecule has 2 aromatic carbocycles. The van der Waals surface area contributed by atoms with Crippen LogP contribution in [0.5, 0.6) is 5.75 Å². The molecule has 1 aromatic heterocycles. The second-order valence-corrected chi connectivity index (χ2v) is 12.3. The van der Waals surface area contributed by atoms with E-state index in [1.54, 1.807) is 16.7 Å². The van der Waals surface area contributed by atoms with Crippen LogP contribution in [0.25, 0.3) is 11.0 Å². The van der Waals surface area contributed by atoms with Crippen molar-refractivity contribution < 1.29 is 19.1 Å². The second kappa shape index (κ2) is 12.3. The maximum atomic E-state index is 13.7. The fourth-order valence-electron chi connectivity index (χ4n) is 7.23. The Morgan fingerprint density at radius 2 is 1.74 bits per heavy atom. The molecule has 0 radical (unpaired) electrons. The molecule has 3 aliphatic heterocycles. The Hall–Kier alpha value is -3.99. The molecule has 3 atom stereocenters. The van der Waals surface area contributed by atoms with Gasteiger partial charge in [-0.25, -0.2) is 4.68 Å². The molecule has 0 spiro atoms. The maximum Gasteiger partial charge on any atom is 0.243 e. The molecule has 4 heterocycles. The Kier molecular flexibility index (Phi) is 8.34. The summed E-state index contributed by atoms with van der Waals surface area (Å²) in [6.45, 7) is 0.748. The van der Waals surface area contributed by atoms with Gasteiger partial charge in [0.05, 0.1) is 18.7 Å². The van der Waals surface area contributed by atoms with Crippen molar-refractivity contribution in [3.8, 4) is 5.75 Å². The highest BCUT2D eigenvalue weighted by Crippen LogP contribution is 2.38. The number of aryl methyl sites for hydroxylation is 1. The minimum absolute atomic E-state index is 0.0955. The summed E-state index contributed by atoms with van der Waals surface area (Å²) in [5, 5.41) is 11.2. The van der Waals surface area contributed by atoms with Gasteiger partial charge in [0.1, 0.15) is 17.3 Å². The average Bonchev–Trinajstić information content (AvgIpc) is 3.82. The number of nitrogens with two attached hydrogens (primary N) is 1. The first-order valence-electron chi connectivity index (χ1n) is 15.4. The van der Waals surface area contributed by atoms with E-state index in [1.807, 2.05) is 54.4 Å². The number of ether oxygens (including phenoxy) is 1. The van der Waals surface area contributed by atoms with Crippen molar-refractivity contribution in [2.75, 3.05) is 13.7 Å². The van der Waals surface area contributed by atoms with Crippen molar-refractivity contribution in [1.29, 1.82) is 0 Å². The van der Waals surface area contributed by atoms with Gasteiger partial charge in [-0.05, 0) is 86.3 Å². The van der Waals surface area contributed by atoms with Gasteiger partial charge >= 0.3 is 0 Å². The lowest BCUT2D eigenvalue weighted by Crippen LogP contribution is -2.51. The van der Waals surface area contributed by atoms with Crippen LogP contribution >= 0.6 is 0 Å². The van der Waals surface area contributed by atoms with E-state index < -0.39 is 12.1 Å². The van der Waals surface area contributed by atoms with Crippen LogP contribution in [0.4, 0.5) is 0 Å². The van der Waals surface area contributed by atoms with Crippen LogP contribution < -0.4 is 15.8 Å². The number of nitrogens with zero attached hydrogens (tertiary/aromatic N) is 5. The summed E-state index contributed by atoms with van der Waals surface area (Å²) in [7, 11) is 3.47. The highest BCUT2D eigenvalue weighted by atomic mass is 16.5. The molecule has 3 aromatic rings. The monoisotopic (exact) mass is 587 g/mol. The molecular weight excluding hydrogens is 546 g/mol. The normalized spacial score (nSPS) is 23.6. The van der Waals surface area contributed by atoms with Crippen molar-refractivity contribution in [3.05, 3.63) is 53.6 Å². The van der Waals surface area contributed by atoms with Gasteiger partial charge in [0.15, 0.2) is 0 Å². The zero-order chi connectivity index (χ0) is 30.1. The molecule has 3 fully saturated rings. The van der Waals surface area contributed by atoms with E-state index in [0.717, 1.165) is 60.0 Å². The number of amides is 3. The number of carbonyl (C=O) groups is 3. The number of rotatable bonds is 10. The van der Waals surface area contributed by atoms with E-state index >= 15 is 0 Å². The molecule has 11 heteroatoms. The molecule has 11 nitrogen and oxygen atoms in total. The maximum absolute atomic E-state index is 13.7. The third kappa shape index (κ3) is 6.08. The van der Waals surface area contributed by atoms with Gasteiger partial charge in [-0.3, -0.25) is 14.4 Å². The van der Waals surface area contributed by atoms with Gasteiger partial charge in [0, 0.05) is 38.6 Å². The van der Waals surface area contributed by atoms with Crippen molar-refractivity contribution in [2.24, 2.45) is 18.7 Å². The van der Waals surface area contributed by atoms with E-state index in [1.165, 1.54) is 0 Å². The average molecular weight is 588 g/mol. The third-order valence-corrected chi connectivity index (χ3v) is 9.53. The van der Waals surface area contributed by atoms with Gasteiger partial charge in [0.25, 0.3) is 0 Å². The molecule has 3 aliphatic rings. The first-order valence-corrected chi connectivity index (χ1v) is 15.4. The molecule has 0 unspecified atom stereocenters. The highest BCUT2D eigenvalue weighted by molar-refractivity contribution is 5.91. The van der Waals surface area contributed by atoms with Gasteiger partial charge < -0.3 is 25.6 Å². The van der Waals surface area contributed by atoms with Crippen LogP contribution in [0.1, 0.15) is 56.1 Å². The van der Waals surface area contributed by atoms with Crippen molar-refractivity contribution in [2.45, 2.75) is 82.1 Å². The van der Waals surface area contributed by atoms with Crippen LogP contribution in [0, 0.1) is 5.92 Å². The van der Waals surface area contributed by atoms with E-state index in [0.29, 0.717) is 31.6 Å². The summed E-state index contributed by atoms with van der Waals surface area (Å²) in [6, 6.07) is 12.9. The Balaban J connectivity index is 1.11. The molecule has 43 heavy (non-hydrogen) atoms. The summed E-state index contributed by atoms with van der Waals surface area (Å²) in [5.74, 6) is 0.503. The molecule has 228 valence electrons. The van der Waals surface area contributed by atoms with E-state index in [4.69, 9.17) is 10.5 Å². The molecule has 0 saturated carbocycles. The fourth-order valence-corrected chi connectivity index (χ4v) is 7.23. The predicted molar refractivity (Wildman–Crippen MR) is 161 cm³/mol. The smallest absolute Gasteiger partial charge is 0.243 e. The van der Waals surface area contributed by atoms with Crippen LogP contribution in [0.15, 0.2) is 42.5 Å². The van der Waals surface area contributed by atoms with Crippen LogP contribution in [-0.2, 0) is 34.4 Å². The molecule has 3 amide bonds. The lowest BCUT2D eigenvalue weighted by molar-refractivity contribution is -0.140. The van der Waals surface area contributed by atoms with E-state index in [9.17, 15) is 14.4 Å². The first kappa shape index (κ1) is 29.1. The van der Waals surface area contributed by atoms with Crippen LogP contribution in [0.3, 0.4) is 0 Å². The zero-order valence-corrected chi connectivity index (χ0v) is 24.9. The molecule has 2 bridgehead atoms. The lowest BCUT2D eigenvalue weighted by atomic mass is 9.96. The number of hydrogen-bond donors (Lipinski definition) is 2. The van der Waals surface area contributed by atoms with Crippen molar-refractivity contribution in [3.63, 3.8) is 0 Å². The number of benzene rings is 2. The van der Waals surface area contributed by atoms with Crippen LogP contribution in [0.2, 0.25) is 0 Å². The number of methoxy groups -OCH3 is 1. The van der Waals surface area contributed by atoms with Gasteiger partial charge in [-0.2, -0.15) is 0 Å². The second-order valence-electron chi connectivity index (χ2n) is 12.3. The summed E-state index contributed by atoms with van der Waals surface area (Å²) >= 11 is 0. The lowest BCUT2D eigenvalue weighted by Gasteiger charge is -2.27. The molecular formula is C32H41N7O4. The van der Waals surface area contributed by atoms with Crippen LogP contribution in [-0.4, -0.2) is 80.3 Å². The number of fused-ring (bicyclic) bond motifs is 3. The molecule has 0 aliphatic carbocycles. The van der Waals surface area contributed by atoms with Crippen molar-refractivity contribution in [1.82, 2.24) is 30.1 Å². The van der Waals surface area contributed by atoms with Gasteiger partial charge in [-0.15, -0.1) is 5.10 Å². The highest BCUT2D eigenvalue weighted by Gasteiger charge is 2.43. The number of likely N-dealkylation sites (tertiary alicyclic amines) is 1. The largest absolute Gasteiger partial charge is 0.497 e. The van der Waals surface area contributed by atoms with Gasteiger partial charge in [-0.1, -0.05) is 23.4 Å². The molecule has 3 N–H and O–H groups in total. The van der Waals surface area contributed by atoms with Gasteiger partial charge in [0.2, 0.25) is 17.7 Å². The summed E-state index contributed by atoms with van der Waals surface area (Å²) in [5.41, 5.74) is 10.1. The standard InChI is InChI=1S/C32H41N7O4/c1-37-28-13-5-21(16-27(28)35-36-37)18-34-31(41)29-17-22(15-20-3-10-25(43-2)11-4-20)19-38(29)32(42)26(33)12-14-30(40)39-23-6-7-24(39)9-8-23/h3-5,10-11,13,16,22-24,26,29H,6-9,12,14-15,17-19,33H2,1-2H3,(H,34,41)/t22-,23?,24?,26-,29+/m1/s1. The van der Waals surface area contributed by atoms with E-state index in [-0.39, 0.29) is 36.5 Å². The summed E-state index contributed by atoms with van der Waals surface area (Å²) < 4.78 is 6.99. The molecule has 3 saturated heterocycles. The molecule has 6 rings (SSSR count). The number of hydrogen-bond acceptors (Lipinski definition) is 7. The Bertz CT molecular complexity index is 1470. The number of nitrogens with one attached hydrogen (secondary N) is 1. The van der Waals surface area contributed by atoms with E-state index in [2.05, 4.69) is 15.6 Å². The SMILES string of the molecule is COc1ccc(C[C@@H]2C[C@@H](C(=O)NCc3ccc4c(c3)nnn4C)N(C(=O)[C@H](N)CCC(=O)N3C4CCC3CC4)C2)cc1. The predicted octanol–water partition coefficient (Wildman–Crippen LogP) is 2.31. The topological polar surface area (TPSA) is 136 Å². The minimum atomic E-state index is -0.835.